The summed E-state index contributed by atoms with van der Waals surface area (Å²) in [4.78, 5) is 11.0. The number of nitrogens with zero attached hydrogens (tertiary/aromatic N) is 1. The molecule has 3 N–H and O–H groups in total. The Bertz CT molecular complexity index is 568. The number of aliphatic hydroxyl groups excluding tert-OH is 1. The summed E-state index contributed by atoms with van der Waals surface area (Å²) < 4.78 is 25.9. The summed E-state index contributed by atoms with van der Waals surface area (Å²) in [6.07, 6.45) is 0.639. The van der Waals surface area contributed by atoms with Crippen LogP contribution in [0.15, 0.2) is 29.2 Å². The van der Waals surface area contributed by atoms with Crippen LogP contribution in [-0.2, 0) is 10.0 Å². The van der Waals surface area contributed by atoms with Gasteiger partial charge in [0.05, 0.1) is 11.0 Å². The first-order chi connectivity index (χ1) is 8.91. The summed E-state index contributed by atoms with van der Waals surface area (Å²) in [6, 6.07) is 5.48. The molecule has 1 unspecified atom stereocenters. The zero-order chi connectivity index (χ0) is 14.0. The van der Waals surface area contributed by atoms with Gasteiger partial charge in [-0.1, -0.05) is 0 Å². The average Bonchev–Trinajstić information content (AvgIpc) is 2.39. The lowest BCUT2D eigenvalue weighted by Crippen LogP contribution is -2.42. The van der Waals surface area contributed by atoms with Gasteiger partial charge in [-0.3, -0.25) is 4.79 Å². The van der Waals surface area contributed by atoms with Crippen LogP contribution < -0.4 is 5.73 Å². The molecule has 1 amide bonds. The summed E-state index contributed by atoms with van der Waals surface area (Å²) in [7, 11) is -3.62. The van der Waals surface area contributed by atoms with Crippen molar-refractivity contribution in [2.45, 2.75) is 23.8 Å². The fourth-order valence-corrected chi connectivity index (χ4v) is 3.60. The molecule has 1 aromatic rings. The molecular formula is C12H16N2O4S. The van der Waals surface area contributed by atoms with E-state index in [0.717, 1.165) is 0 Å². The molecule has 1 atom stereocenters. The number of amides is 1. The first kappa shape index (κ1) is 14.0. The lowest BCUT2D eigenvalue weighted by molar-refractivity contribution is 0.1000. The van der Waals surface area contributed by atoms with Gasteiger partial charge in [0.1, 0.15) is 0 Å². The van der Waals surface area contributed by atoms with E-state index in [2.05, 4.69) is 0 Å². The fourth-order valence-electron chi connectivity index (χ4n) is 2.08. The molecule has 2 rings (SSSR count). The fraction of sp³-hybridized carbons (Fsp3) is 0.417. The SMILES string of the molecule is NC(=O)c1ccc(S(=O)(=O)N2CCCC(O)C2)cc1. The number of rotatable bonds is 3. The molecule has 1 heterocycles. The van der Waals surface area contributed by atoms with Gasteiger partial charge in [-0.05, 0) is 37.1 Å². The van der Waals surface area contributed by atoms with Crippen molar-refractivity contribution in [3.63, 3.8) is 0 Å². The Morgan fingerprint density at radius 3 is 2.47 bits per heavy atom. The minimum atomic E-state index is -3.62. The number of hydrogen-bond acceptors (Lipinski definition) is 4. The molecule has 7 heteroatoms. The van der Waals surface area contributed by atoms with Crippen molar-refractivity contribution in [1.82, 2.24) is 4.31 Å². The van der Waals surface area contributed by atoms with Crippen LogP contribution in [0, 0.1) is 0 Å². The van der Waals surface area contributed by atoms with Crippen LogP contribution in [0.4, 0.5) is 0 Å². The van der Waals surface area contributed by atoms with Crippen molar-refractivity contribution in [3.8, 4) is 0 Å². The largest absolute Gasteiger partial charge is 0.392 e. The van der Waals surface area contributed by atoms with Crippen LogP contribution in [-0.4, -0.2) is 42.9 Å². The number of nitrogens with two attached hydrogens (primary N) is 1. The van der Waals surface area contributed by atoms with Gasteiger partial charge >= 0.3 is 0 Å². The molecule has 1 aliphatic rings. The highest BCUT2D eigenvalue weighted by Gasteiger charge is 2.29. The lowest BCUT2D eigenvalue weighted by Gasteiger charge is -2.29. The molecule has 0 radical (unpaired) electrons. The first-order valence-electron chi connectivity index (χ1n) is 5.99. The zero-order valence-corrected chi connectivity index (χ0v) is 11.1. The quantitative estimate of drug-likeness (QED) is 0.811. The van der Waals surface area contributed by atoms with Gasteiger partial charge in [-0.15, -0.1) is 0 Å². The Morgan fingerprint density at radius 2 is 1.95 bits per heavy atom. The van der Waals surface area contributed by atoms with Gasteiger partial charge in [0.2, 0.25) is 15.9 Å². The number of carbonyl (C=O) groups excluding carboxylic acids is 1. The number of benzene rings is 1. The molecule has 0 saturated carbocycles. The number of piperidine rings is 1. The van der Waals surface area contributed by atoms with Crippen LogP contribution in [0.3, 0.4) is 0 Å². The third-order valence-electron chi connectivity index (χ3n) is 3.14. The smallest absolute Gasteiger partial charge is 0.248 e. The molecule has 104 valence electrons. The minimum absolute atomic E-state index is 0.103. The zero-order valence-electron chi connectivity index (χ0n) is 10.3. The van der Waals surface area contributed by atoms with Crippen LogP contribution in [0.25, 0.3) is 0 Å². The van der Waals surface area contributed by atoms with E-state index in [0.29, 0.717) is 19.4 Å². The molecule has 6 nitrogen and oxygen atoms in total. The summed E-state index contributed by atoms with van der Waals surface area (Å²) in [6.45, 7) is 0.511. The van der Waals surface area contributed by atoms with Crippen molar-refractivity contribution >= 4 is 15.9 Å². The van der Waals surface area contributed by atoms with Gasteiger partial charge in [0, 0.05) is 18.7 Å². The molecule has 1 aliphatic heterocycles. The molecule has 0 spiro atoms. The number of β-amino-alcohol motifs (C(OH)–C–C–N with tert-alkyl or cyclic N) is 1. The Kier molecular flexibility index (Phi) is 3.88. The van der Waals surface area contributed by atoms with E-state index in [9.17, 15) is 18.3 Å². The molecule has 0 aromatic heterocycles. The van der Waals surface area contributed by atoms with Crippen LogP contribution in [0.2, 0.25) is 0 Å². The highest BCUT2D eigenvalue weighted by atomic mass is 32.2. The molecule has 19 heavy (non-hydrogen) atoms. The Balaban J connectivity index is 2.26. The van der Waals surface area contributed by atoms with Crippen molar-refractivity contribution in [1.29, 1.82) is 0 Å². The molecule has 1 saturated heterocycles. The second kappa shape index (κ2) is 5.28. The standard InChI is InChI=1S/C12H16N2O4S/c13-12(16)9-3-5-11(6-4-9)19(17,18)14-7-1-2-10(15)8-14/h3-6,10,15H,1-2,7-8H2,(H2,13,16). The normalized spacial score (nSPS) is 21.2. The minimum Gasteiger partial charge on any atom is -0.392 e. The van der Waals surface area contributed by atoms with E-state index in [1.54, 1.807) is 0 Å². The number of carbonyl (C=O) groups is 1. The monoisotopic (exact) mass is 284 g/mol. The number of sulfonamides is 1. The molecule has 1 fully saturated rings. The maximum atomic E-state index is 12.3. The maximum absolute atomic E-state index is 12.3. The predicted octanol–water partition coefficient (Wildman–Crippen LogP) is -0.0691. The molecule has 0 bridgehead atoms. The number of primary amides is 1. The van der Waals surface area contributed by atoms with E-state index in [1.807, 2.05) is 0 Å². The van der Waals surface area contributed by atoms with Crippen LogP contribution in [0.1, 0.15) is 23.2 Å². The van der Waals surface area contributed by atoms with E-state index in [-0.39, 0.29) is 17.0 Å². The highest BCUT2D eigenvalue weighted by molar-refractivity contribution is 7.89. The second-order valence-corrected chi connectivity index (χ2v) is 6.49. The number of hydrogen-bond donors (Lipinski definition) is 2. The van der Waals surface area contributed by atoms with Crippen molar-refractivity contribution in [2.24, 2.45) is 5.73 Å². The summed E-state index contributed by atoms with van der Waals surface area (Å²) >= 11 is 0. The maximum Gasteiger partial charge on any atom is 0.248 e. The predicted molar refractivity (Wildman–Crippen MR) is 69.0 cm³/mol. The topological polar surface area (TPSA) is 101 Å². The lowest BCUT2D eigenvalue weighted by atomic mass is 10.1. The molecular weight excluding hydrogens is 268 g/mol. The number of aliphatic hydroxyl groups is 1. The van der Waals surface area contributed by atoms with Gasteiger partial charge in [-0.2, -0.15) is 4.31 Å². The van der Waals surface area contributed by atoms with Gasteiger partial charge < -0.3 is 10.8 Å². The molecule has 1 aromatic carbocycles. The third kappa shape index (κ3) is 2.94. The van der Waals surface area contributed by atoms with E-state index in [1.165, 1.54) is 28.6 Å². The van der Waals surface area contributed by atoms with Crippen LogP contribution in [0.5, 0.6) is 0 Å². The van der Waals surface area contributed by atoms with E-state index in [4.69, 9.17) is 5.73 Å². The van der Waals surface area contributed by atoms with Crippen molar-refractivity contribution in [2.75, 3.05) is 13.1 Å². The van der Waals surface area contributed by atoms with E-state index >= 15 is 0 Å². The summed E-state index contributed by atoms with van der Waals surface area (Å²) in [5.74, 6) is -0.600. The van der Waals surface area contributed by atoms with Crippen molar-refractivity contribution in [3.05, 3.63) is 29.8 Å². The van der Waals surface area contributed by atoms with Gasteiger partial charge in [0.15, 0.2) is 0 Å². The second-order valence-electron chi connectivity index (χ2n) is 4.55. The Hall–Kier alpha value is -1.44. The van der Waals surface area contributed by atoms with Gasteiger partial charge in [0.25, 0.3) is 0 Å². The average molecular weight is 284 g/mol. The summed E-state index contributed by atoms with van der Waals surface area (Å²) in [5.41, 5.74) is 5.36. The Labute approximate surface area is 111 Å². The van der Waals surface area contributed by atoms with Gasteiger partial charge in [-0.25, -0.2) is 8.42 Å². The van der Waals surface area contributed by atoms with E-state index < -0.39 is 22.0 Å². The van der Waals surface area contributed by atoms with Crippen molar-refractivity contribution < 1.29 is 18.3 Å². The van der Waals surface area contributed by atoms with Crippen LogP contribution >= 0.6 is 0 Å². The first-order valence-corrected chi connectivity index (χ1v) is 7.43. The third-order valence-corrected chi connectivity index (χ3v) is 5.02. The molecule has 0 aliphatic carbocycles. The Morgan fingerprint density at radius 1 is 1.32 bits per heavy atom. The highest BCUT2D eigenvalue weighted by Crippen LogP contribution is 2.21. The summed E-state index contributed by atoms with van der Waals surface area (Å²) in [5, 5.41) is 9.54.